The second-order valence-electron chi connectivity index (χ2n) is 7.44. The smallest absolute Gasteiger partial charge is 0.191 e. The first-order chi connectivity index (χ1) is 12.4. The van der Waals surface area contributed by atoms with Crippen molar-refractivity contribution in [2.24, 2.45) is 4.99 Å². The van der Waals surface area contributed by atoms with Gasteiger partial charge in [-0.1, -0.05) is 32.0 Å². The average molecular weight is 365 g/mol. The first-order valence-electron chi connectivity index (χ1n) is 9.53. The van der Waals surface area contributed by atoms with Crippen LogP contribution in [0.5, 0.6) is 0 Å². The lowest BCUT2D eigenvalue weighted by Gasteiger charge is -2.32. The molecule has 0 amide bonds. The van der Waals surface area contributed by atoms with Crippen molar-refractivity contribution in [3.63, 3.8) is 0 Å². The van der Waals surface area contributed by atoms with Crippen LogP contribution in [0.15, 0.2) is 29.3 Å². The van der Waals surface area contributed by atoms with Gasteiger partial charge in [-0.2, -0.15) is 0 Å². The highest BCUT2D eigenvalue weighted by Gasteiger charge is 2.24. The van der Waals surface area contributed by atoms with Crippen LogP contribution in [0.3, 0.4) is 0 Å². The van der Waals surface area contributed by atoms with Gasteiger partial charge in [-0.15, -0.1) is 0 Å². The first kappa shape index (κ1) is 20.6. The van der Waals surface area contributed by atoms with Gasteiger partial charge in [-0.25, -0.2) is 4.39 Å². The quantitative estimate of drug-likeness (QED) is 0.576. The normalized spacial score (nSPS) is 17.8. The molecule has 1 unspecified atom stereocenters. The van der Waals surface area contributed by atoms with Gasteiger partial charge in [0.15, 0.2) is 5.96 Å². The number of rotatable bonds is 7. The van der Waals surface area contributed by atoms with Crippen molar-refractivity contribution in [3.05, 3.63) is 35.6 Å². The molecule has 1 aromatic carbocycles. The highest BCUT2D eigenvalue weighted by molar-refractivity contribution is 5.79. The average Bonchev–Trinajstić information content (AvgIpc) is 2.64. The molecular weight excluding hydrogens is 331 g/mol. The Morgan fingerprint density at radius 2 is 1.96 bits per heavy atom. The summed E-state index contributed by atoms with van der Waals surface area (Å²) < 4.78 is 19.5. The summed E-state index contributed by atoms with van der Waals surface area (Å²) in [5, 5.41) is 6.70. The van der Waals surface area contributed by atoms with Gasteiger partial charge in [0, 0.05) is 37.6 Å². The van der Waals surface area contributed by atoms with E-state index < -0.39 is 0 Å². The van der Waals surface area contributed by atoms with Crippen LogP contribution in [0.25, 0.3) is 0 Å². The number of nitrogens with zero attached hydrogens (tertiary/aromatic N) is 2. The van der Waals surface area contributed by atoms with Crippen LogP contribution in [0.4, 0.5) is 4.39 Å². The van der Waals surface area contributed by atoms with Crippen LogP contribution < -0.4 is 10.6 Å². The molecule has 1 aliphatic heterocycles. The molecule has 1 atom stereocenters. The lowest BCUT2D eigenvalue weighted by molar-refractivity contribution is 0.0211. The summed E-state index contributed by atoms with van der Waals surface area (Å²) in [4.78, 5) is 7.12. The maximum Gasteiger partial charge on any atom is 0.191 e. The molecule has 0 aromatic heterocycles. The molecule has 2 N–H and O–H groups in total. The van der Waals surface area contributed by atoms with Crippen LogP contribution in [0, 0.1) is 5.82 Å². The van der Waals surface area contributed by atoms with E-state index in [4.69, 9.17) is 9.73 Å². The maximum atomic E-state index is 14.1. The zero-order valence-corrected chi connectivity index (χ0v) is 16.5. The van der Waals surface area contributed by atoms with Crippen molar-refractivity contribution in [1.82, 2.24) is 15.5 Å². The Bertz CT molecular complexity index is 585. The van der Waals surface area contributed by atoms with Gasteiger partial charge in [0.05, 0.1) is 19.8 Å². The third kappa shape index (κ3) is 5.95. The minimum Gasteiger partial charge on any atom is -0.379 e. The topological polar surface area (TPSA) is 48.9 Å². The number of morpholine rings is 1. The summed E-state index contributed by atoms with van der Waals surface area (Å²) in [6.07, 6.45) is 0. The molecule has 0 bridgehead atoms. The third-order valence-electron chi connectivity index (χ3n) is 4.81. The fourth-order valence-corrected chi connectivity index (χ4v) is 3.11. The molecule has 0 aliphatic carbocycles. The second-order valence-corrected chi connectivity index (χ2v) is 7.44. The van der Waals surface area contributed by atoms with Gasteiger partial charge in [0.1, 0.15) is 5.82 Å². The van der Waals surface area contributed by atoms with Crippen LogP contribution in [0.1, 0.15) is 33.3 Å². The van der Waals surface area contributed by atoms with Crippen LogP contribution >= 0.6 is 0 Å². The molecule has 0 saturated carbocycles. The summed E-state index contributed by atoms with van der Waals surface area (Å²) in [6.45, 7) is 14.0. The largest absolute Gasteiger partial charge is 0.379 e. The molecular formula is C20H33FN4O. The van der Waals surface area contributed by atoms with E-state index in [1.165, 1.54) is 6.07 Å². The van der Waals surface area contributed by atoms with E-state index in [2.05, 4.69) is 22.5 Å². The lowest BCUT2D eigenvalue weighted by atomic mass is 9.84. The summed E-state index contributed by atoms with van der Waals surface area (Å²) in [7, 11) is 0. The van der Waals surface area contributed by atoms with Crippen molar-refractivity contribution in [2.45, 2.75) is 39.2 Å². The van der Waals surface area contributed by atoms with E-state index in [1.807, 2.05) is 32.9 Å². The predicted molar refractivity (Wildman–Crippen MR) is 105 cm³/mol. The lowest BCUT2D eigenvalue weighted by Crippen LogP contribution is -2.49. The monoisotopic (exact) mass is 364 g/mol. The molecule has 1 heterocycles. The first-order valence-corrected chi connectivity index (χ1v) is 9.53. The third-order valence-corrected chi connectivity index (χ3v) is 4.81. The van der Waals surface area contributed by atoms with Crippen molar-refractivity contribution < 1.29 is 9.13 Å². The SMILES string of the molecule is CCNC(=NCC(C)(C)c1ccccc1F)NCC(C)N1CCOCC1. The maximum absolute atomic E-state index is 14.1. The highest BCUT2D eigenvalue weighted by Crippen LogP contribution is 2.25. The van der Waals surface area contributed by atoms with Crippen LogP contribution in [-0.2, 0) is 10.2 Å². The van der Waals surface area contributed by atoms with E-state index in [0.29, 0.717) is 18.2 Å². The Hall–Kier alpha value is -1.66. The molecule has 0 radical (unpaired) electrons. The van der Waals surface area contributed by atoms with Crippen molar-refractivity contribution in [1.29, 1.82) is 0 Å². The van der Waals surface area contributed by atoms with Gasteiger partial charge in [-0.3, -0.25) is 9.89 Å². The molecule has 1 aromatic rings. The second kappa shape index (κ2) is 9.88. The number of guanidine groups is 1. The van der Waals surface area contributed by atoms with Gasteiger partial charge in [0.25, 0.3) is 0 Å². The Kier molecular flexibility index (Phi) is 7.85. The van der Waals surface area contributed by atoms with Crippen LogP contribution in [-0.4, -0.2) is 62.8 Å². The van der Waals surface area contributed by atoms with E-state index in [9.17, 15) is 4.39 Å². The number of hydrogen-bond acceptors (Lipinski definition) is 3. The highest BCUT2D eigenvalue weighted by atomic mass is 19.1. The fraction of sp³-hybridized carbons (Fsp3) is 0.650. The summed E-state index contributed by atoms with van der Waals surface area (Å²) in [5.41, 5.74) is 0.324. The molecule has 1 fully saturated rings. The number of aliphatic imine (C=N–C) groups is 1. The minimum atomic E-state index is -0.372. The van der Waals surface area contributed by atoms with Gasteiger partial charge in [-0.05, 0) is 25.5 Å². The standard InChI is InChI=1S/C20H33FN4O/c1-5-22-19(23-14-16(2)25-10-12-26-13-11-25)24-15-20(3,4)17-8-6-7-9-18(17)21/h6-9,16H,5,10-15H2,1-4H3,(H2,22,23,24). The zero-order valence-electron chi connectivity index (χ0n) is 16.5. The fourth-order valence-electron chi connectivity index (χ4n) is 3.11. The van der Waals surface area contributed by atoms with E-state index in [1.54, 1.807) is 6.07 Å². The molecule has 26 heavy (non-hydrogen) atoms. The summed E-state index contributed by atoms with van der Waals surface area (Å²) >= 11 is 0. The van der Waals surface area contributed by atoms with Crippen LogP contribution in [0.2, 0.25) is 0 Å². The van der Waals surface area contributed by atoms with Gasteiger partial charge >= 0.3 is 0 Å². The van der Waals surface area contributed by atoms with Crippen molar-refractivity contribution in [2.75, 3.05) is 45.9 Å². The summed E-state index contributed by atoms with van der Waals surface area (Å²) in [5.74, 6) is 0.601. The molecule has 0 spiro atoms. The van der Waals surface area contributed by atoms with Gasteiger partial charge < -0.3 is 15.4 Å². The summed E-state index contributed by atoms with van der Waals surface area (Å²) in [6, 6.07) is 7.34. The number of benzene rings is 1. The molecule has 5 nitrogen and oxygen atoms in total. The van der Waals surface area contributed by atoms with Crippen molar-refractivity contribution in [3.8, 4) is 0 Å². The number of hydrogen-bond donors (Lipinski definition) is 2. The molecule has 146 valence electrons. The number of ether oxygens (including phenoxy) is 1. The van der Waals surface area contributed by atoms with E-state index in [0.717, 1.165) is 45.4 Å². The zero-order chi connectivity index (χ0) is 19.0. The predicted octanol–water partition coefficient (Wildman–Crippen LogP) is 2.38. The molecule has 1 saturated heterocycles. The van der Waals surface area contributed by atoms with Crippen molar-refractivity contribution >= 4 is 5.96 Å². The Labute approximate surface area is 157 Å². The number of nitrogens with one attached hydrogen (secondary N) is 2. The van der Waals surface area contributed by atoms with E-state index >= 15 is 0 Å². The Morgan fingerprint density at radius 1 is 1.27 bits per heavy atom. The van der Waals surface area contributed by atoms with E-state index in [-0.39, 0.29) is 11.2 Å². The minimum absolute atomic E-state index is 0.174. The molecule has 2 rings (SSSR count). The number of halogens is 1. The Balaban J connectivity index is 1.96. The van der Waals surface area contributed by atoms with Gasteiger partial charge in [0.2, 0.25) is 0 Å². The molecule has 1 aliphatic rings. The molecule has 6 heteroatoms. The Morgan fingerprint density at radius 3 is 2.62 bits per heavy atom.